The summed E-state index contributed by atoms with van der Waals surface area (Å²) in [5.41, 5.74) is 0.241. The molecule has 10 nitrogen and oxygen atoms in total. The normalized spacial score (nSPS) is 15.6. The number of nitrogens with one attached hydrogen (secondary N) is 1. The Hall–Kier alpha value is -2.60. The number of nitrogens with zero attached hydrogens (tertiary/aromatic N) is 4. The second kappa shape index (κ2) is 10.4. The van der Waals surface area contributed by atoms with E-state index < -0.39 is 21.3 Å². The summed E-state index contributed by atoms with van der Waals surface area (Å²) in [6, 6.07) is 4.65. The van der Waals surface area contributed by atoms with Crippen LogP contribution < -0.4 is 16.0 Å². The van der Waals surface area contributed by atoms with Gasteiger partial charge in [-0.25, -0.2) is 13.2 Å². The molecule has 1 saturated heterocycles. The Morgan fingerprint density at radius 2 is 1.78 bits per heavy atom. The first-order valence-electron chi connectivity index (χ1n) is 12.2. The van der Waals surface area contributed by atoms with E-state index in [2.05, 4.69) is 16.8 Å². The van der Waals surface area contributed by atoms with E-state index in [4.69, 9.17) is 16.3 Å². The zero-order valence-corrected chi connectivity index (χ0v) is 22.6. The summed E-state index contributed by atoms with van der Waals surface area (Å²) in [6.07, 6.45) is 0.660. The van der Waals surface area contributed by atoms with Crippen molar-refractivity contribution in [1.29, 1.82) is 0 Å². The van der Waals surface area contributed by atoms with Gasteiger partial charge in [0.15, 0.2) is 0 Å². The summed E-state index contributed by atoms with van der Waals surface area (Å²) in [5, 5.41) is 0.167. The van der Waals surface area contributed by atoms with E-state index in [1.165, 1.54) is 28.1 Å². The van der Waals surface area contributed by atoms with Crippen molar-refractivity contribution in [3.8, 4) is 17.0 Å². The minimum absolute atomic E-state index is 0.111. The molecule has 0 amide bonds. The van der Waals surface area contributed by atoms with Crippen LogP contribution in [-0.2, 0) is 23.6 Å². The monoisotopic (exact) mass is 537 g/mol. The number of hydrogen-bond acceptors (Lipinski definition) is 6. The fourth-order valence-corrected chi connectivity index (χ4v) is 6.40. The molecular formula is C24H32ClN5O5S. The number of piperazine rings is 1. The molecule has 3 heterocycles. The molecule has 1 aliphatic heterocycles. The third-order valence-electron chi connectivity index (χ3n) is 6.60. The van der Waals surface area contributed by atoms with Crippen LogP contribution in [0.2, 0.25) is 5.02 Å². The Morgan fingerprint density at radius 1 is 1.08 bits per heavy atom. The van der Waals surface area contributed by atoms with E-state index in [0.29, 0.717) is 68.3 Å². The standard InChI is InChI=1S/C24H32ClN5O5S/c1-5-10-30-22-19(25)20(26-21(22)23(31)27(4)24(30)32)17-15-16(8-9-18(17)35-7-3)36(33,34)29-13-11-28(6-2)12-14-29/h8-9,15,26H,5-7,10-14H2,1-4H3. The lowest BCUT2D eigenvalue weighted by Crippen LogP contribution is -2.48. The number of ether oxygens (including phenoxy) is 1. The summed E-state index contributed by atoms with van der Waals surface area (Å²) >= 11 is 6.79. The molecule has 0 spiro atoms. The highest BCUT2D eigenvalue weighted by molar-refractivity contribution is 7.89. The highest BCUT2D eigenvalue weighted by atomic mass is 35.5. The second-order valence-electron chi connectivity index (χ2n) is 8.77. The van der Waals surface area contributed by atoms with E-state index in [0.717, 1.165) is 11.1 Å². The number of halogens is 1. The number of likely N-dealkylation sites (N-methyl/N-ethyl adjacent to an activating group) is 1. The lowest BCUT2D eigenvalue weighted by Gasteiger charge is -2.33. The molecule has 1 fully saturated rings. The molecule has 0 bridgehead atoms. The molecule has 0 aliphatic carbocycles. The average Bonchev–Trinajstić information content (AvgIpc) is 3.22. The lowest BCUT2D eigenvalue weighted by atomic mass is 10.1. The van der Waals surface area contributed by atoms with Crippen LogP contribution in [0.1, 0.15) is 27.2 Å². The number of H-pyrrole nitrogens is 1. The molecule has 0 atom stereocenters. The predicted octanol–water partition coefficient (Wildman–Crippen LogP) is 2.48. The quantitative estimate of drug-likeness (QED) is 0.473. The van der Waals surface area contributed by atoms with Crippen molar-refractivity contribution in [2.24, 2.45) is 7.05 Å². The van der Waals surface area contributed by atoms with Crippen LogP contribution >= 0.6 is 11.6 Å². The van der Waals surface area contributed by atoms with Gasteiger partial charge in [0.2, 0.25) is 10.0 Å². The van der Waals surface area contributed by atoms with Crippen molar-refractivity contribution in [3.05, 3.63) is 44.1 Å². The average molecular weight is 538 g/mol. The first kappa shape index (κ1) is 26.5. The molecule has 3 aromatic rings. The van der Waals surface area contributed by atoms with Gasteiger partial charge in [0.1, 0.15) is 11.3 Å². The molecule has 12 heteroatoms. The summed E-state index contributed by atoms with van der Waals surface area (Å²) in [4.78, 5) is 31.1. The van der Waals surface area contributed by atoms with Crippen molar-refractivity contribution in [2.75, 3.05) is 39.3 Å². The lowest BCUT2D eigenvalue weighted by molar-refractivity contribution is 0.196. The molecular weight excluding hydrogens is 506 g/mol. The molecule has 4 rings (SSSR count). The third-order valence-corrected chi connectivity index (χ3v) is 8.87. The number of aryl methyl sites for hydroxylation is 1. The van der Waals surface area contributed by atoms with Gasteiger partial charge in [-0.15, -0.1) is 0 Å². The number of fused-ring (bicyclic) bond motifs is 1. The Morgan fingerprint density at radius 3 is 2.39 bits per heavy atom. The maximum absolute atomic E-state index is 13.5. The Kier molecular flexibility index (Phi) is 7.65. The summed E-state index contributed by atoms with van der Waals surface area (Å²) in [5.74, 6) is 0.418. The molecule has 0 radical (unpaired) electrons. The topological polar surface area (TPSA) is 110 Å². The van der Waals surface area contributed by atoms with Crippen LogP contribution in [-0.4, -0.2) is 71.1 Å². The van der Waals surface area contributed by atoms with Gasteiger partial charge in [-0.05, 0) is 38.1 Å². The highest BCUT2D eigenvalue weighted by Crippen LogP contribution is 2.39. The molecule has 0 saturated carbocycles. The van der Waals surface area contributed by atoms with Gasteiger partial charge in [-0.1, -0.05) is 25.4 Å². The Bertz CT molecular complexity index is 1500. The SMILES string of the molecule is CCCn1c(=O)n(C)c(=O)c2[nH]c(-c3cc(S(=O)(=O)N4CCN(CC)CC4)ccc3OCC)c(Cl)c21. The predicted molar refractivity (Wildman–Crippen MR) is 141 cm³/mol. The molecule has 1 N–H and O–H groups in total. The van der Waals surface area contributed by atoms with Crippen molar-refractivity contribution < 1.29 is 13.2 Å². The van der Waals surface area contributed by atoms with Crippen molar-refractivity contribution in [2.45, 2.75) is 38.6 Å². The summed E-state index contributed by atoms with van der Waals surface area (Å²) in [6.45, 7) is 9.56. The van der Waals surface area contributed by atoms with Crippen LogP contribution in [0.5, 0.6) is 5.75 Å². The van der Waals surface area contributed by atoms with Gasteiger partial charge in [-0.2, -0.15) is 4.31 Å². The number of hydrogen-bond donors (Lipinski definition) is 1. The molecule has 36 heavy (non-hydrogen) atoms. The fraction of sp³-hybridized carbons (Fsp3) is 0.500. The number of sulfonamides is 1. The number of aromatic nitrogens is 3. The van der Waals surface area contributed by atoms with E-state index >= 15 is 0 Å². The van der Waals surface area contributed by atoms with Crippen molar-refractivity contribution in [1.82, 2.24) is 23.3 Å². The zero-order chi connectivity index (χ0) is 26.2. The molecule has 1 aliphatic rings. The second-order valence-corrected chi connectivity index (χ2v) is 11.1. The zero-order valence-electron chi connectivity index (χ0n) is 21.0. The number of aromatic amines is 1. The number of benzene rings is 1. The van der Waals surface area contributed by atoms with Gasteiger partial charge in [0.25, 0.3) is 5.56 Å². The molecule has 2 aromatic heterocycles. The van der Waals surface area contributed by atoms with Gasteiger partial charge < -0.3 is 14.6 Å². The highest BCUT2D eigenvalue weighted by Gasteiger charge is 2.30. The first-order chi connectivity index (χ1) is 17.1. The molecule has 1 aromatic carbocycles. The van der Waals surface area contributed by atoms with E-state index in [1.807, 2.05) is 13.8 Å². The minimum atomic E-state index is -3.76. The summed E-state index contributed by atoms with van der Waals surface area (Å²) < 4.78 is 36.8. The van der Waals surface area contributed by atoms with Crippen molar-refractivity contribution in [3.63, 3.8) is 0 Å². The van der Waals surface area contributed by atoms with Crippen LogP contribution in [0.4, 0.5) is 0 Å². The maximum Gasteiger partial charge on any atom is 0.331 e. The Balaban J connectivity index is 1.90. The van der Waals surface area contributed by atoms with E-state index in [9.17, 15) is 18.0 Å². The molecule has 0 unspecified atom stereocenters. The van der Waals surface area contributed by atoms with Gasteiger partial charge in [0, 0.05) is 45.3 Å². The van der Waals surface area contributed by atoms with Crippen LogP contribution in [0, 0.1) is 0 Å². The Labute approximate surface area is 215 Å². The largest absolute Gasteiger partial charge is 0.493 e. The van der Waals surface area contributed by atoms with Crippen molar-refractivity contribution >= 4 is 32.7 Å². The first-order valence-corrected chi connectivity index (χ1v) is 14.0. The fourth-order valence-electron chi connectivity index (χ4n) is 4.60. The van der Waals surface area contributed by atoms with E-state index in [1.54, 1.807) is 6.07 Å². The third kappa shape index (κ3) is 4.49. The van der Waals surface area contributed by atoms with Gasteiger partial charge in [-0.3, -0.25) is 13.9 Å². The van der Waals surface area contributed by atoms with E-state index in [-0.39, 0.29) is 15.4 Å². The molecule has 196 valence electrons. The van der Waals surface area contributed by atoms with Crippen LogP contribution in [0.25, 0.3) is 22.3 Å². The summed E-state index contributed by atoms with van der Waals surface area (Å²) in [7, 11) is -2.35. The van der Waals surface area contributed by atoms with Gasteiger partial charge >= 0.3 is 5.69 Å². The van der Waals surface area contributed by atoms with Crippen LogP contribution in [0.3, 0.4) is 0 Å². The maximum atomic E-state index is 13.5. The smallest absolute Gasteiger partial charge is 0.331 e. The minimum Gasteiger partial charge on any atom is -0.493 e. The number of rotatable bonds is 8. The van der Waals surface area contributed by atoms with Gasteiger partial charge in [0.05, 0.1) is 27.7 Å². The van der Waals surface area contributed by atoms with Crippen LogP contribution in [0.15, 0.2) is 32.7 Å².